The molecule has 2 aliphatic heterocycles. The Labute approximate surface area is 113 Å². The van der Waals surface area contributed by atoms with E-state index in [1.807, 2.05) is 0 Å². The number of anilines is 1. The summed E-state index contributed by atoms with van der Waals surface area (Å²) in [6.45, 7) is 4.61. The van der Waals surface area contributed by atoms with Crippen molar-refractivity contribution in [2.75, 3.05) is 25.0 Å². The van der Waals surface area contributed by atoms with Crippen molar-refractivity contribution in [3.63, 3.8) is 0 Å². The standard InChI is InChI=1S/C15H19N3O/c1-2-17-12-3-4-15-14(8-12)11(5-6-19-15)7-13-9-16-10-18-13/h3-4,7-8,10,13,17H,2,5-6,9H2,1H3,(H,16,18)/b11-7+. The van der Waals surface area contributed by atoms with E-state index in [9.17, 15) is 0 Å². The Bertz CT molecular complexity index is 514. The summed E-state index contributed by atoms with van der Waals surface area (Å²) in [5.41, 5.74) is 3.70. The Morgan fingerprint density at radius 1 is 1.53 bits per heavy atom. The SMILES string of the molecule is CCNc1ccc2c(c1)/C(=C/C1CN=CN1)CCO2. The highest BCUT2D eigenvalue weighted by Gasteiger charge is 2.18. The van der Waals surface area contributed by atoms with Crippen LogP contribution in [0.2, 0.25) is 0 Å². The van der Waals surface area contributed by atoms with Gasteiger partial charge in [0.15, 0.2) is 0 Å². The summed E-state index contributed by atoms with van der Waals surface area (Å²) >= 11 is 0. The number of hydrogen-bond donors (Lipinski definition) is 2. The van der Waals surface area contributed by atoms with E-state index in [1.54, 1.807) is 6.34 Å². The van der Waals surface area contributed by atoms with Crippen LogP contribution >= 0.6 is 0 Å². The third-order valence-electron chi connectivity index (χ3n) is 3.42. The normalized spacial score (nSPS) is 22.8. The molecule has 19 heavy (non-hydrogen) atoms. The second-order valence-corrected chi connectivity index (χ2v) is 4.80. The summed E-state index contributed by atoms with van der Waals surface area (Å²) in [5, 5.41) is 6.60. The van der Waals surface area contributed by atoms with Crippen LogP contribution in [-0.4, -0.2) is 32.1 Å². The van der Waals surface area contributed by atoms with E-state index >= 15 is 0 Å². The molecule has 0 radical (unpaired) electrons. The van der Waals surface area contributed by atoms with Gasteiger partial charge in [0.2, 0.25) is 0 Å². The molecule has 0 spiro atoms. The molecule has 1 aromatic rings. The smallest absolute Gasteiger partial charge is 0.126 e. The number of rotatable bonds is 3. The molecule has 3 rings (SSSR count). The third-order valence-corrected chi connectivity index (χ3v) is 3.42. The monoisotopic (exact) mass is 257 g/mol. The van der Waals surface area contributed by atoms with Crippen molar-refractivity contribution in [3.8, 4) is 5.75 Å². The summed E-state index contributed by atoms with van der Waals surface area (Å²) in [4.78, 5) is 4.21. The van der Waals surface area contributed by atoms with E-state index in [-0.39, 0.29) is 0 Å². The molecule has 0 aromatic heterocycles. The Hall–Kier alpha value is -1.97. The molecule has 2 N–H and O–H groups in total. The molecule has 0 saturated heterocycles. The van der Waals surface area contributed by atoms with Gasteiger partial charge in [-0.15, -0.1) is 0 Å². The van der Waals surface area contributed by atoms with Gasteiger partial charge >= 0.3 is 0 Å². The first-order valence-corrected chi connectivity index (χ1v) is 6.83. The molecule has 0 aliphatic carbocycles. The fourth-order valence-electron chi connectivity index (χ4n) is 2.51. The first-order valence-electron chi connectivity index (χ1n) is 6.83. The minimum absolute atomic E-state index is 0.323. The topological polar surface area (TPSA) is 45.7 Å². The van der Waals surface area contributed by atoms with Gasteiger partial charge in [0.25, 0.3) is 0 Å². The van der Waals surface area contributed by atoms with Crippen LogP contribution in [0.4, 0.5) is 5.69 Å². The highest BCUT2D eigenvalue weighted by molar-refractivity contribution is 5.76. The molecule has 4 nitrogen and oxygen atoms in total. The Kier molecular flexibility index (Phi) is 3.40. The minimum atomic E-state index is 0.323. The van der Waals surface area contributed by atoms with Crippen molar-refractivity contribution in [2.45, 2.75) is 19.4 Å². The van der Waals surface area contributed by atoms with Gasteiger partial charge in [0, 0.05) is 24.2 Å². The number of nitrogens with one attached hydrogen (secondary N) is 2. The molecule has 2 heterocycles. The molecule has 0 saturated carbocycles. The van der Waals surface area contributed by atoms with Gasteiger partial charge in [0.1, 0.15) is 5.75 Å². The average Bonchev–Trinajstić information content (AvgIpc) is 2.93. The summed E-state index contributed by atoms with van der Waals surface area (Å²) in [5.74, 6) is 0.984. The molecule has 100 valence electrons. The molecule has 0 amide bonds. The largest absolute Gasteiger partial charge is 0.493 e. The van der Waals surface area contributed by atoms with E-state index in [0.29, 0.717) is 6.04 Å². The predicted octanol–water partition coefficient (Wildman–Crippen LogP) is 2.28. The van der Waals surface area contributed by atoms with Crippen molar-refractivity contribution >= 4 is 17.6 Å². The second-order valence-electron chi connectivity index (χ2n) is 4.80. The summed E-state index contributed by atoms with van der Waals surface area (Å²) < 4.78 is 5.73. The minimum Gasteiger partial charge on any atom is -0.493 e. The molecule has 0 bridgehead atoms. The lowest BCUT2D eigenvalue weighted by atomic mass is 9.97. The molecule has 4 heteroatoms. The highest BCUT2D eigenvalue weighted by Crippen LogP contribution is 2.35. The summed E-state index contributed by atoms with van der Waals surface area (Å²) in [6.07, 6.45) is 5.03. The van der Waals surface area contributed by atoms with Gasteiger partial charge in [-0.2, -0.15) is 0 Å². The third kappa shape index (κ3) is 2.57. The zero-order chi connectivity index (χ0) is 13.1. The number of aliphatic imine (C=N–C) groups is 1. The summed E-state index contributed by atoms with van der Waals surface area (Å²) in [7, 11) is 0. The second kappa shape index (κ2) is 5.34. The van der Waals surface area contributed by atoms with Crippen LogP contribution in [-0.2, 0) is 0 Å². The zero-order valence-corrected chi connectivity index (χ0v) is 11.1. The fraction of sp³-hybridized carbons (Fsp3) is 0.400. The van der Waals surface area contributed by atoms with Crippen LogP contribution in [0.1, 0.15) is 18.9 Å². The van der Waals surface area contributed by atoms with Crippen LogP contribution in [0.5, 0.6) is 5.75 Å². The fourth-order valence-corrected chi connectivity index (χ4v) is 2.51. The van der Waals surface area contributed by atoms with E-state index in [2.05, 4.69) is 46.8 Å². The number of benzene rings is 1. The van der Waals surface area contributed by atoms with E-state index in [0.717, 1.165) is 37.6 Å². The van der Waals surface area contributed by atoms with Gasteiger partial charge in [-0.25, -0.2) is 0 Å². The molecular formula is C15H19N3O. The van der Waals surface area contributed by atoms with Crippen molar-refractivity contribution in [2.24, 2.45) is 4.99 Å². The maximum Gasteiger partial charge on any atom is 0.126 e. The van der Waals surface area contributed by atoms with Gasteiger partial charge < -0.3 is 15.4 Å². The van der Waals surface area contributed by atoms with Crippen LogP contribution in [0.25, 0.3) is 5.57 Å². The van der Waals surface area contributed by atoms with Crippen LogP contribution in [0.3, 0.4) is 0 Å². The van der Waals surface area contributed by atoms with Crippen molar-refractivity contribution in [1.82, 2.24) is 5.32 Å². The lowest BCUT2D eigenvalue weighted by molar-refractivity contribution is 0.316. The predicted molar refractivity (Wildman–Crippen MR) is 79.0 cm³/mol. The Morgan fingerprint density at radius 3 is 3.26 bits per heavy atom. The first-order chi connectivity index (χ1) is 9.36. The molecule has 2 aliphatic rings. The molecule has 1 aromatic carbocycles. The van der Waals surface area contributed by atoms with Crippen molar-refractivity contribution < 1.29 is 4.74 Å². The Balaban J connectivity index is 1.90. The maximum absolute atomic E-state index is 5.73. The number of hydrogen-bond acceptors (Lipinski definition) is 4. The summed E-state index contributed by atoms with van der Waals surface area (Å²) in [6, 6.07) is 6.63. The molecular weight excluding hydrogens is 238 g/mol. The zero-order valence-electron chi connectivity index (χ0n) is 11.1. The van der Waals surface area contributed by atoms with Crippen molar-refractivity contribution in [1.29, 1.82) is 0 Å². The maximum atomic E-state index is 5.73. The van der Waals surface area contributed by atoms with Gasteiger partial charge in [0.05, 0.1) is 25.5 Å². The number of fused-ring (bicyclic) bond motifs is 1. The Morgan fingerprint density at radius 2 is 2.47 bits per heavy atom. The molecule has 1 unspecified atom stereocenters. The van der Waals surface area contributed by atoms with E-state index in [1.165, 1.54) is 11.1 Å². The first kappa shape index (κ1) is 12.1. The van der Waals surface area contributed by atoms with E-state index in [4.69, 9.17) is 4.74 Å². The van der Waals surface area contributed by atoms with Gasteiger partial charge in [-0.3, -0.25) is 4.99 Å². The quantitative estimate of drug-likeness (QED) is 0.873. The van der Waals surface area contributed by atoms with Crippen LogP contribution < -0.4 is 15.4 Å². The lowest BCUT2D eigenvalue weighted by Gasteiger charge is -2.22. The van der Waals surface area contributed by atoms with E-state index < -0.39 is 0 Å². The lowest BCUT2D eigenvalue weighted by Crippen LogP contribution is -2.23. The number of nitrogens with zero attached hydrogens (tertiary/aromatic N) is 1. The van der Waals surface area contributed by atoms with Crippen LogP contribution in [0.15, 0.2) is 29.3 Å². The molecule has 1 atom stereocenters. The molecule has 0 fully saturated rings. The van der Waals surface area contributed by atoms with Gasteiger partial charge in [-0.05, 0) is 30.7 Å². The van der Waals surface area contributed by atoms with Crippen LogP contribution in [0, 0.1) is 0 Å². The highest BCUT2D eigenvalue weighted by atomic mass is 16.5. The number of ether oxygens (including phenoxy) is 1. The van der Waals surface area contributed by atoms with Crippen molar-refractivity contribution in [3.05, 3.63) is 29.8 Å². The average molecular weight is 257 g/mol. The van der Waals surface area contributed by atoms with Gasteiger partial charge in [-0.1, -0.05) is 6.08 Å².